The molecule has 1 aromatic rings. The lowest BCUT2D eigenvalue weighted by atomic mass is 9.86. The van der Waals surface area contributed by atoms with Gasteiger partial charge in [-0.1, -0.05) is 37.1 Å². The van der Waals surface area contributed by atoms with Crippen molar-refractivity contribution in [2.75, 3.05) is 13.1 Å². The first-order valence-electron chi connectivity index (χ1n) is 7.21. The van der Waals surface area contributed by atoms with Gasteiger partial charge >= 0.3 is 0 Å². The molecule has 2 aliphatic rings. The van der Waals surface area contributed by atoms with Crippen LogP contribution in [0, 0.1) is 5.41 Å². The molecule has 1 saturated heterocycles. The highest BCUT2D eigenvalue weighted by molar-refractivity contribution is 5.22. The third-order valence-corrected chi connectivity index (χ3v) is 4.79. The minimum atomic E-state index is 0.146. The molecule has 1 saturated carbocycles. The summed E-state index contributed by atoms with van der Waals surface area (Å²) in [6, 6.07) is 8.39. The average Bonchev–Trinajstić information content (AvgIpc) is 3.02. The van der Waals surface area contributed by atoms with Gasteiger partial charge < -0.3 is 5.11 Å². The molecule has 0 unspecified atom stereocenters. The second-order valence-electron chi connectivity index (χ2n) is 6.14. The number of likely N-dealkylation sites (tertiary alicyclic amines) is 1. The summed E-state index contributed by atoms with van der Waals surface area (Å²) >= 11 is 0. The third-order valence-electron chi connectivity index (χ3n) is 4.79. The van der Waals surface area contributed by atoms with Crippen LogP contribution in [0.25, 0.3) is 0 Å². The molecule has 1 aliphatic heterocycles. The minimum absolute atomic E-state index is 0.146. The zero-order valence-electron chi connectivity index (χ0n) is 11.1. The van der Waals surface area contributed by atoms with Crippen LogP contribution < -0.4 is 0 Å². The van der Waals surface area contributed by atoms with Crippen molar-refractivity contribution in [2.24, 2.45) is 5.41 Å². The molecule has 0 amide bonds. The lowest BCUT2D eigenvalue weighted by Crippen LogP contribution is -2.24. The lowest BCUT2D eigenvalue weighted by Gasteiger charge is -2.23. The van der Waals surface area contributed by atoms with Crippen LogP contribution in [0.5, 0.6) is 0 Å². The Bertz CT molecular complexity index is 392. The number of hydrogen-bond acceptors (Lipinski definition) is 2. The third kappa shape index (κ3) is 2.45. The molecule has 1 aromatic carbocycles. The van der Waals surface area contributed by atoms with Gasteiger partial charge in [0.15, 0.2) is 0 Å². The Morgan fingerprint density at radius 3 is 2.33 bits per heavy atom. The number of benzene rings is 1. The predicted octanol–water partition coefficient (Wildman–Crippen LogP) is 2.95. The monoisotopic (exact) mass is 245 g/mol. The largest absolute Gasteiger partial charge is 0.392 e. The van der Waals surface area contributed by atoms with E-state index >= 15 is 0 Å². The van der Waals surface area contributed by atoms with E-state index in [0.29, 0.717) is 5.41 Å². The van der Waals surface area contributed by atoms with E-state index in [0.717, 1.165) is 12.1 Å². The van der Waals surface area contributed by atoms with Crippen molar-refractivity contribution in [2.45, 2.75) is 45.3 Å². The predicted molar refractivity (Wildman–Crippen MR) is 73.2 cm³/mol. The summed E-state index contributed by atoms with van der Waals surface area (Å²) in [5, 5.41) is 9.04. The standard InChI is InChI=1S/C16H23NO/c18-12-15-5-3-14(4-6-15)11-17-10-9-16(13-17)7-1-2-8-16/h3-6,18H,1-2,7-13H2. The van der Waals surface area contributed by atoms with Gasteiger partial charge in [0, 0.05) is 13.1 Å². The fourth-order valence-electron chi connectivity index (χ4n) is 3.70. The summed E-state index contributed by atoms with van der Waals surface area (Å²) in [4.78, 5) is 2.61. The van der Waals surface area contributed by atoms with E-state index in [4.69, 9.17) is 5.11 Å². The molecule has 2 fully saturated rings. The van der Waals surface area contributed by atoms with Crippen molar-refractivity contribution in [3.63, 3.8) is 0 Å². The van der Waals surface area contributed by atoms with Crippen LogP contribution >= 0.6 is 0 Å². The molecule has 1 N–H and O–H groups in total. The summed E-state index contributed by atoms with van der Waals surface area (Å²) < 4.78 is 0. The van der Waals surface area contributed by atoms with Gasteiger partial charge in [0.25, 0.3) is 0 Å². The first-order valence-corrected chi connectivity index (χ1v) is 7.21. The van der Waals surface area contributed by atoms with Gasteiger partial charge in [0.05, 0.1) is 6.61 Å². The smallest absolute Gasteiger partial charge is 0.0681 e. The molecular weight excluding hydrogens is 222 g/mol. The first kappa shape index (κ1) is 12.2. The Morgan fingerprint density at radius 2 is 1.67 bits per heavy atom. The summed E-state index contributed by atoms with van der Waals surface area (Å²) in [6.45, 7) is 3.79. The van der Waals surface area contributed by atoms with Crippen LogP contribution in [0.4, 0.5) is 0 Å². The van der Waals surface area contributed by atoms with Crippen LogP contribution in [0.1, 0.15) is 43.2 Å². The Hall–Kier alpha value is -0.860. The number of aliphatic hydroxyl groups is 1. The van der Waals surface area contributed by atoms with E-state index in [-0.39, 0.29) is 6.61 Å². The molecular formula is C16H23NO. The van der Waals surface area contributed by atoms with E-state index < -0.39 is 0 Å². The molecule has 3 rings (SSSR count). The molecule has 1 heterocycles. The average molecular weight is 245 g/mol. The fraction of sp³-hybridized carbons (Fsp3) is 0.625. The molecule has 98 valence electrons. The molecule has 0 bridgehead atoms. The highest BCUT2D eigenvalue weighted by atomic mass is 16.3. The normalized spacial score (nSPS) is 22.9. The van der Waals surface area contributed by atoms with Gasteiger partial charge in [-0.2, -0.15) is 0 Å². The van der Waals surface area contributed by atoms with Crippen molar-refractivity contribution in [1.82, 2.24) is 4.90 Å². The Kier molecular flexibility index (Phi) is 3.40. The minimum Gasteiger partial charge on any atom is -0.392 e. The second-order valence-corrected chi connectivity index (χ2v) is 6.14. The number of aliphatic hydroxyl groups excluding tert-OH is 1. The maximum Gasteiger partial charge on any atom is 0.0681 e. The van der Waals surface area contributed by atoms with E-state index in [1.165, 1.54) is 50.8 Å². The second kappa shape index (κ2) is 5.02. The maximum atomic E-state index is 9.04. The van der Waals surface area contributed by atoms with E-state index in [1.54, 1.807) is 0 Å². The molecule has 18 heavy (non-hydrogen) atoms. The van der Waals surface area contributed by atoms with E-state index in [2.05, 4.69) is 17.0 Å². The lowest BCUT2D eigenvalue weighted by molar-refractivity contribution is 0.256. The van der Waals surface area contributed by atoms with Gasteiger partial charge in [0.2, 0.25) is 0 Å². The summed E-state index contributed by atoms with van der Waals surface area (Å²) in [5.74, 6) is 0. The molecule has 1 aliphatic carbocycles. The van der Waals surface area contributed by atoms with Crippen LogP contribution in [0.3, 0.4) is 0 Å². The number of nitrogens with zero attached hydrogens (tertiary/aromatic N) is 1. The maximum absolute atomic E-state index is 9.04. The Balaban J connectivity index is 1.60. The summed E-state index contributed by atoms with van der Waals surface area (Å²) in [7, 11) is 0. The molecule has 0 radical (unpaired) electrons. The SMILES string of the molecule is OCc1ccc(CN2CCC3(CCCC3)C2)cc1. The molecule has 1 spiro atoms. The summed E-state index contributed by atoms with van der Waals surface area (Å²) in [6.07, 6.45) is 7.19. The van der Waals surface area contributed by atoms with Crippen molar-refractivity contribution in [1.29, 1.82) is 0 Å². The van der Waals surface area contributed by atoms with Gasteiger partial charge in [-0.05, 0) is 42.3 Å². The van der Waals surface area contributed by atoms with Crippen LogP contribution in [-0.4, -0.2) is 23.1 Å². The van der Waals surface area contributed by atoms with Crippen LogP contribution in [0.15, 0.2) is 24.3 Å². The van der Waals surface area contributed by atoms with Gasteiger partial charge in [-0.25, -0.2) is 0 Å². The zero-order valence-corrected chi connectivity index (χ0v) is 11.1. The summed E-state index contributed by atoms with van der Waals surface area (Å²) in [5.41, 5.74) is 3.06. The van der Waals surface area contributed by atoms with Crippen molar-refractivity contribution in [3.05, 3.63) is 35.4 Å². The highest BCUT2D eigenvalue weighted by Gasteiger charge is 2.39. The Labute approximate surface area is 110 Å². The molecule has 0 aromatic heterocycles. The van der Waals surface area contributed by atoms with E-state index in [9.17, 15) is 0 Å². The Morgan fingerprint density at radius 1 is 1.00 bits per heavy atom. The van der Waals surface area contributed by atoms with Gasteiger partial charge in [-0.15, -0.1) is 0 Å². The van der Waals surface area contributed by atoms with Gasteiger partial charge in [0.1, 0.15) is 0 Å². The number of rotatable bonds is 3. The number of hydrogen-bond donors (Lipinski definition) is 1. The molecule has 2 nitrogen and oxygen atoms in total. The van der Waals surface area contributed by atoms with Crippen molar-refractivity contribution >= 4 is 0 Å². The van der Waals surface area contributed by atoms with Crippen LogP contribution in [-0.2, 0) is 13.2 Å². The van der Waals surface area contributed by atoms with Gasteiger partial charge in [-0.3, -0.25) is 4.90 Å². The van der Waals surface area contributed by atoms with Crippen molar-refractivity contribution < 1.29 is 5.11 Å². The fourth-order valence-corrected chi connectivity index (χ4v) is 3.70. The van der Waals surface area contributed by atoms with E-state index in [1.807, 2.05) is 12.1 Å². The van der Waals surface area contributed by atoms with Crippen molar-refractivity contribution in [3.8, 4) is 0 Å². The van der Waals surface area contributed by atoms with Crippen LogP contribution in [0.2, 0.25) is 0 Å². The topological polar surface area (TPSA) is 23.5 Å². The highest BCUT2D eigenvalue weighted by Crippen LogP contribution is 2.45. The zero-order chi connectivity index (χ0) is 12.4. The molecule has 2 heteroatoms. The first-order chi connectivity index (χ1) is 8.80. The quantitative estimate of drug-likeness (QED) is 0.885. The molecule has 0 atom stereocenters.